The van der Waals surface area contributed by atoms with Crippen LogP contribution in [0.25, 0.3) is 0 Å². The van der Waals surface area contributed by atoms with Crippen molar-refractivity contribution in [2.24, 2.45) is 0 Å². The number of aromatic nitrogens is 3. The lowest BCUT2D eigenvalue weighted by Crippen LogP contribution is -2.07. The molecule has 1 aliphatic heterocycles. The van der Waals surface area contributed by atoms with E-state index in [1.807, 2.05) is 0 Å². The van der Waals surface area contributed by atoms with Crippen LogP contribution in [0, 0.1) is 0 Å². The number of ether oxygens (including phenoxy) is 3. The van der Waals surface area contributed by atoms with Gasteiger partial charge >= 0.3 is 18.0 Å². The van der Waals surface area contributed by atoms with Gasteiger partial charge in [-0.1, -0.05) is 12.7 Å². The van der Waals surface area contributed by atoms with Crippen LogP contribution < -0.4 is 14.2 Å². The lowest BCUT2D eigenvalue weighted by Gasteiger charge is -2.07. The Morgan fingerprint density at radius 1 is 1.00 bits per heavy atom. The fraction of sp³-hybridized carbons (Fsp3) is 0.583. The maximum absolute atomic E-state index is 5.45. The topological polar surface area (TPSA) is 66.4 Å². The second-order valence-electron chi connectivity index (χ2n) is 3.89. The van der Waals surface area contributed by atoms with E-state index in [1.54, 1.807) is 6.08 Å². The Labute approximate surface area is 106 Å². The molecule has 0 saturated carbocycles. The third-order valence-corrected chi connectivity index (χ3v) is 2.41. The quantitative estimate of drug-likeness (QED) is 0.763. The minimum atomic E-state index is 0.203. The molecule has 0 fully saturated rings. The van der Waals surface area contributed by atoms with Gasteiger partial charge in [-0.15, -0.1) is 15.0 Å². The molecule has 0 atom stereocenters. The smallest absolute Gasteiger partial charge is 0.326 e. The number of fused-ring (bicyclic) bond motifs is 2. The Morgan fingerprint density at radius 3 is 2.17 bits per heavy atom. The summed E-state index contributed by atoms with van der Waals surface area (Å²) in [4.78, 5) is 12.2. The van der Waals surface area contributed by atoms with Crippen LogP contribution in [0.3, 0.4) is 0 Å². The summed E-state index contributed by atoms with van der Waals surface area (Å²) in [6.45, 7) is 5.11. The fourth-order valence-corrected chi connectivity index (χ4v) is 1.53. The standard InChI is InChI=1S/C12H17N3O3/c1-2-7-16-10-13-11-15-12(14-10)18-9-6-4-3-5-8-17-11/h2H,1,3-9H2. The van der Waals surface area contributed by atoms with Crippen LogP contribution in [0.5, 0.6) is 18.0 Å². The summed E-state index contributed by atoms with van der Waals surface area (Å²) in [5.74, 6) is 0. The van der Waals surface area contributed by atoms with Crippen LogP contribution in [-0.4, -0.2) is 34.8 Å². The molecule has 1 aliphatic rings. The molecule has 1 aromatic heterocycles. The first-order chi connectivity index (χ1) is 8.88. The summed E-state index contributed by atoms with van der Waals surface area (Å²) in [7, 11) is 0. The van der Waals surface area contributed by atoms with E-state index in [9.17, 15) is 0 Å². The Morgan fingerprint density at radius 2 is 1.61 bits per heavy atom. The molecule has 0 amide bonds. The predicted molar refractivity (Wildman–Crippen MR) is 65.0 cm³/mol. The summed E-state index contributed by atoms with van der Waals surface area (Å²) in [5.41, 5.74) is 0. The molecule has 6 nitrogen and oxygen atoms in total. The average molecular weight is 251 g/mol. The summed E-state index contributed by atoms with van der Waals surface area (Å²) < 4.78 is 16.2. The predicted octanol–water partition coefficient (Wildman–Crippen LogP) is 1.77. The van der Waals surface area contributed by atoms with Gasteiger partial charge in [-0.2, -0.15) is 0 Å². The van der Waals surface area contributed by atoms with Gasteiger partial charge in [0.05, 0.1) is 13.2 Å². The van der Waals surface area contributed by atoms with Gasteiger partial charge in [0.25, 0.3) is 0 Å². The van der Waals surface area contributed by atoms with E-state index >= 15 is 0 Å². The lowest BCUT2D eigenvalue weighted by molar-refractivity contribution is 0.248. The molecule has 98 valence electrons. The fourth-order valence-electron chi connectivity index (χ4n) is 1.53. The van der Waals surface area contributed by atoms with E-state index in [2.05, 4.69) is 21.5 Å². The van der Waals surface area contributed by atoms with Crippen LogP contribution >= 0.6 is 0 Å². The molecular weight excluding hydrogens is 234 g/mol. The molecule has 0 aromatic carbocycles. The van der Waals surface area contributed by atoms with Gasteiger partial charge in [-0.25, -0.2) is 0 Å². The zero-order valence-corrected chi connectivity index (χ0v) is 10.3. The highest BCUT2D eigenvalue weighted by molar-refractivity contribution is 5.09. The monoisotopic (exact) mass is 251 g/mol. The molecular formula is C12H17N3O3. The highest BCUT2D eigenvalue weighted by atomic mass is 16.5. The molecule has 0 spiro atoms. The highest BCUT2D eigenvalue weighted by Gasteiger charge is 2.10. The van der Waals surface area contributed by atoms with Crippen molar-refractivity contribution < 1.29 is 14.2 Å². The molecule has 6 heteroatoms. The molecule has 2 bridgehead atoms. The summed E-state index contributed by atoms with van der Waals surface area (Å²) >= 11 is 0. The third kappa shape index (κ3) is 3.87. The summed E-state index contributed by atoms with van der Waals surface area (Å²) in [6, 6.07) is 0.705. The van der Waals surface area contributed by atoms with Crippen molar-refractivity contribution in [3.05, 3.63) is 12.7 Å². The first kappa shape index (κ1) is 12.6. The molecule has 0 unspecified atom stereocenters. The van der Waals surface area contributed by atoms with E-state index in [-0.39, 0.29) is 18.0 Å². The van der Waals surface area contributed by atoms with Crippen LogP contribution in [0.1, 0.15) is 25.7 Å². The van der Waals surface area contributed by atoms with Gasteiger partial charge < -0.3 is 14.2 Å². The van der Waals surface area contributed by atoms with Gasteiger partial charge in [0.1, 0.15) is 6.61 Å². The van der Waals surface area contributed by atoms with Crippen molar-refractivity contribution >= 4 is 0 Å². The molecule has 0 aliphatic carbocycles. The van der Waals surface area contributed by atoms with Crippen LogP contribution in [0.2, 0.25) is 0 Å². The van der Waals surface area contributed by atoms with E-state index in [0.29, 0.717) is 19.8 Å². The first-order valence-corrected chi connectivity index (χ1v) is 6.14. The van der Waals surface area contributed by atoms with Crippen LogP contribution in [0.4, 0.5) is 0 Å². The highest BCUT2D eigenvalue weighted by Crippen LogP contribution is 2.16. The Kier molecular flexibility index (Phi) is 4.75. The van der Waals surface area contributed by atoms with E-state index in [0.717, 1.165) is 25.7 Å². The normalized spacial score (nSPS) is 15.8. The zero-order chi connectivity index (χ0) is 12.6. The molecule has 2 heterocycles. The van der Waals surface area contributed by atoms with Gasteiger partial charge in [0, 0.05) is 0 Å². The molecule has 0 saturated heterocycles. The van der Waals surface area contributed by atoms with Gasteiger partial charge in [0.2, 0.25) is 0 Å². The largest absolute Gasteiger partial charge is 0.463 e. The minimum Gasteiger partial charge on any atom is -0.463 e. The molecule has 0 radical (unpaired) electrons. The number of hydrogen-bond acceptors (Lipinski definition) is 6. The Hall–Kier alpha value is -1.85. The van der Waals surface area contributed by atoms with E-state index in [4.69, 9.17) is 14.2 Å². The second-order valence-corrected chi connectivity index (χ2v) is 3.89. The number of hydrogen-bond donors (Lipinski definition) is 0. The van der Waals surface area contributed by atoms with Gasteiger partial charge in [0.15, 0.2) is 0 Å². The zero-order valence-electron chi connectivity index (χ0n) is 10.3. The van der Waals surface area contributed by atoms with Crippen LogP contribution in [0.15, 0.2) is 12.7 Å². The van der Waals surface area contributed by atoms with Crippen molar-refractivity contribution in [3.63, 3.8) is 0 Å². The molecule has 2 rings (SSSR count). The first-order valence-electron chi connectivity index (χ1n) is 6.14. The van der Waals surface area contributed by atoms with Crippen LogP contribution in [-0.2, 0) is 0 Å². The number of rotatable bonds is 3. The SMILES string of the molecule is C=CCOc1nc2nc(n1)OCCCCCCO2. The average Bonchev–Trinajstić information content (AvgIpc) is 2.42. The van der Waals surface area contributed by atoms with Gasteiger partial charge in [-0.05, 0) is 25.7 Å². The van der Waals surface area contributed by atoms with Crippen molar-refractivity contribution in [1.29, 1.82) is 0 Å². The second kappa shape index (κ2) is 6.78. The van der Waals surface area contributed by atoms with Crippen molar-refractivity contribution in [1.82, 2.24) is 15.0 Å². The molecule has 18 heavy (non-hydrogen) atoms. The van der Waals surface area contributed by atoms with E-state index < -0.39 is 0 Å². The summed E-state index contributed by atoms with van der Waals surface area (Å²) in [5, 5.41) is 0. The van der Waals surface area contributed by atoms with Crippen molar-refractivity contribution in [2.75, 3.05) is 19.8 Å². The van der Waals surface area contributed by atoms with E-state index in [1.165, 1.54) is 0 Å². The maximum atomic E-state index is 5.45. The molecule has 1 aromatic rings. The van der Waals surface area contributed by atoms with Gasteiger partial charge in [-0.3, -0.25) is 0 Å². The minimum absolute atomic E-state index is 0.203. The summed E-state index contributed by atoms with van der Waals surface area (Å²) in [6.07, 6.45) is 5.84. The molecule has 0 N–H and O–H groups in total. The Balaban J connectivity index is 2.12. The number of nitrogens with zero attached hydrogens (tertiary/aromatic N) is 3. The lowest BCUT2D eigenvalue weighted by atomic mass is 10.2. The Bertz CT molecular complexity index is 370. The maximum Gasteiger partial charge on any atom is 0.326 e. The van der Waals surface area contributed by atoms with Crippen molar-refractivity contribution in [3.8, 4) is 18.0 Å². The third-order valence-electron chi connectivity index (χ3n) is 2.41. The van der Waals surface area contributed by atoms with Crippen molar-refractivity contribution in [2.45, 2.75) is 25.7 Å².